The average molecular weight is 250 g/mol. The summed E-state index contributed by atoms with van der Waals surface area (Å²) in [4.78, 5) is 4.48. The van der Waals surface area contributed by atoms with Gasteiger partial charge in [0.05, 0.1) is 6.61 Å². The summed E-state index contributed by atoms with van der Waals surface area (Å²) in [5.74, 6) is 1.30. The van der Waals surface area contributed by atoms with Crippen molar-refractivity contribution in [3.8, 4) is 5.88 Å². The van der Waals surface area contributed by atoms with E-state index in [4.69, 9.17) is 15.2 Å². The van der Waals surface area contributed by atoms with Crippen molar-refractivity contribution in [1.29, 1.82) is 0 Å². The molecule has 0 saturated carbocycles. The maximum atomic E-state index is 5.81. The molecule has 0 amide bonds. The number of nitrogens with two attached hydrogens (primary N) is 1. The second kappa shape index (κ2) is 6.71. The van der Waals surface area contributed by atoms with E-state index in [9.17, 15) is 0 Å². The molecule has 0 spiro atoms. The molecule has 0 aliphatic carbocycles. The SMILES string of the molecule is CCc1cc(CN)cc(OCC2CCOCC2)n1. The lowest BCUT2D eigenvalue weighted by molar-refractivity contribution is 0.0490. The van der Waals surface area contributed by atoms with Crippen LogP contribution in [-0.4, -0.2) is 24.8 Å². The molecule has 0 radical (unpaired) electrons. The van der Waals surface area contributed by atoms with Crippen LogP contribution in [0.25, 0.3) is 0 Å². The summed E-state index contributed by atoms with van der Waals surface area (Å²) in [5.41, 5.74) is 7.81. The molecule has 0 atom stereocenters. The minimum absolute atomic E-state index is 0.531. The Morgan fingerprint density at radius 3 is 2.83 bits per heavy atom. The molecule has 2 rings (SSSR count). The quantitative estimate of drug-likeness (QED) is 0.867. The first-order chi connectivity index (χ1) is 8.81. The number of rotatable bonds is 5. The zero-order chi connectivity index (χ0) is 12.8. The van der Waals surface area contributed by atoms with Crippen LogP contribution in [0.2, 0.25) is 0 Å². The molecule has 4 heteroatoms. The maximum Gasteiger partial charge on any atom is 0.213 e. The van der Waals surface area contributed by atoms with Crippen LogP contribution in [0.5, 0.6) is 5.88 Å². The third kappa shape index (κ3) is 3.68. The highest BCUT2D eigenvalue weighted by molar-refractivity contribution is 5.25. The number of nitrogens with zero attached hydrogens (tertiary/aromatic N) is 1. The largest absolute Gasteiger partial charge is 0.477 e. The van der Waals surface area contributed by atoms with E-state index in [0.29, 0.717) is 18.3 Å². The molecule has 1 aromatic rings. The first-order valence-electron chi connectivity index (χ1n) is 6.72. The fourth-order valence-corrected chi connectivity index (χ4v) is 2.11. The van der Waals surface area contributed by atoms with Crippen molar-refractivity contribution in [2.75, 3.05) is 19.8 Å². The normalized spacial score (nSPS) is 16.8. The third-order valence-electron chi connectivity index (χ3n) is 3.32. The van der Waals surface area contributed by atoms with Crippen molar-refractivity contribution in [3.63, 3.8) is 0 Å². The van der Waals surface area contributed by atoms with Gasteiger partial charge in [0.15, 0.2) is 0 Å². The number of aryl methyl sites for hydroxylation is 1. The molecule has 4 nitrogen and oxygen atoms in total. The van der Waals surface area contributed by atoms with Gasteiger partial charge in [0.2, 0.25) is 5.88 Å². The van der Waals surface area contributed by atoms with Gasteiger partial charge in [-0.05, 0) is 36.8 Å². The summed E-state index contributed by atoms with van der Waals surface area (Å²) in [5, 5.41) is 0. The van der Waals surface area contributed by atoms with Gasteiger partial charge >= 0.3 is 0 Å². The second-order valence-corrected chi connectivity index (χ2v) is 4.73. The summed E-state index contributed by atoms with van der Waals surface area (Å²) in [6.45, 7) is 5.05. The molecule has 0 unspecified atom stereocenters. The summed E-state index contributed by atoms with van der Waals surface area (Å²) in [6.07, 6.45) is 3.07. The Morgan fingerprint density at radius 2 is 2.17 bits per heavy atom. The van der Waals surface area contributed by atoms with E-state index in [-0.39, 0.29) is 0 Å². The first-order valence-corrected chi connectivity index (χ1v) is 6.72. The van der Waals surface area contributed by atoms with E-state index in [1.165, 1.54) is 0 Å². The van der Waals surface area contributed by atoms with Crippen molar-refractivity contribution in [2.45, 2.75) is 32.7 Å². The van der Waals surface area contributed by atoms with Gasteiger partial charge in [-0.2, -0.15) is 0 Å². The molecule has 1 aliphatic rings. The van der Waals surface area contributed by atoms with Gasteiger partial charge in [-0.3, -0.25) is 0 Å². The topological polar surface area (TPSA) is 57.4 Å². The molecule has 2 heterocycles. The Balaban J connectivity index is 1.94. The van der Waals surface area contributed by atoms with Crippen molar-refractivity contribution >= 4 is 0 Å². The van der Waals surface area contributed by atoms with Gasteiger partial charge < -0.3 is 15.2 Å². The zero-order valence-corrected chi connectivity index (χ0v) is 11.0. The Morgan fingerprint density at radius 1 is 1.39 bits per heavy atom. The summed E-state index contributed by atoms with van der Waals surface area (Å²) in [6, 6.07) is 3.99. The third-order valence-corrected chi connectivity index (χ3v) is 3.32. The van der Waals surface area contributed by atoms with Crippen LogP contribution >= 0.6 is 0 Å². The highest BCUT2D eigenvalue weighted by Gasteiger charge is 2.14. The number of hydrogen-bond donors (Lipinski definition) is 1. The van der Waals surface area contributed by atoms with Crippen LogP contribution in [0.1, 0.15) is 31.0 Å². The van der Waals surface area contributed by atoms with Crippen molar-refractivity contribution in [1.82, 2.24) is 4.98 Å². The minimum Gasteiger partial charge on any atom is -0.477 e. The first kappa shape index (κ1) is 13.3. The van der Waals surface area contributed by atoms with Gasteiger partial charge in [-0.1, -0.05) is 6.92 Å². The average Bonchev–Trinajstić information content (AvgIpc) is 2.45. The van der Waals surface area contributed by atoms with E-state index in [1.54, 1.807) is 0 Å². The molecule has 100 valence electrons. The minimum atomic E-state index is 0.531. The fourth-order valence-electron chi connectivity index (χ4n) is 2.11. The predicted octanol–water partition coefficient (Wildman–Crippen LogP) is 1.91. The molecule has 0 aromatic carbocycles. The maximum absolute atomic E-state index is 5.81. The second-order valence-electron chi connectivity index (χ2n) is 4.73. The fraction of sp³-hybridized carbons (Fsp3) is 0.643. The molecular weight excluding hydrogens is 228 g/mol. The van der Waals surface area contributed by atoms with Gasteiger partial charge in [0.1, 0.15) is 0 Å². The molecule has 1 aromatic heterocycles. The van der Waals surface area contributed by atoms with Gasteiger partial charge in [-0.15, -0.1) is 0 Å². The van der Waals surface area contributed by atoms with Crippen LogP contribution in [0.15, 0.2) is 12.1 Å². The van der Waals surface area contributed by atoms with E-state index >= 15 is 0 Å². The lowest BCUT2D eigenvalue weighted by Gasteiger charge is -2.22. The number of hydrogen-bond acceptors (Lipinski definition) is 4. The van der Waals surface area contributed by atoms with Crippen molar-refractivity contribution in [3.05, 3.63) is 23.4 Å². The molecular formula is C14H22N2O2. The lowest BCUT2D eigenvalue weighted by Crippen LogP contribution is -2.21. The molecule has 18 heavy (non-hydrogen) atoms. The standard InChI is InChI=1S/C14H22N2O2/c1-2-13-7-12(9-15)8-14(16-13)18-10-11-3-5-17-6-4-11/h7-8,11H,2-6,9-10,15H2,1H3. The highest BCUT2D eigenvalue weighted by atomic mass is 16.5. The zero-order valence-electron chi connectivity index (χ0n) is 11.0. The Labute approximate surface area is 108 Å². The van der Waals surface area contributed by atoms with Crippen LogP contribution < -0.4 is 10.5 Å². The van der Waals surface area contributed by atoms with Crippen molar-refractivity contribution < 1.29 is 9.47 Å². The van der Waals surface area contributed by atoms with E-state index in [2.05, 4.69) is 11.9 Å². The highest BCUT2D eigenvalue weighted by Crippen LogP contribution is 2.18. The van der Waals surface area contributed by atoms with Crippen LogP contribution in [-0.2, 0) is 17.7 Å². The molecule has 0 bridgehead atoms. The number of aromatic nitrogens is 1. The van der Waals surface area contributed by atoms with E-state index in [0.717, 1.165) is 50.3 Å². The van der Waals surface area contributed by atoms with Gasteiger partial charge in [-0.25, -0.2) is 4.98 Å². The lowest BCUT2D eigenvalue weighted by atomic mass is 10.0. The Kier molecular flexibility index (Phi) is 4.96. The van der Waals surface area contributed by atoms with E-state index < -0.39 is 0 Å². The predicted molar refractivity (Wildman–Crippen MR) is 70.5 cm³/mol. The van der Waals surface area contributed by atoms with Crippen LogP contribution in [0, 0.1) is 5.92 Å². The van der Waals surface area contributed by atoms with E-state index in [1.807, 2.05) is 12.1 Å². The summed E-state index contributed by atoms with van der Waals surface area (Å²) < 4.78 is 11.1. The monoisotopic (exact) mass is 250 g/mol. The molecule has 2 N–H and O–H groups in total. The smallest absolute Gasteiger partial charge is 0.213 e. The number of pyridine rings is 1. The van der Waals surface area contributed by atoms with Gasteiger partial charge in [0, 0.05) is 31.5 Å². The molecule has 1 aliphatic heterocycles. The van der Waals surface area contributed by atoms with Crippen molar-refractivity contribution in [2.24, 2.45) is 11.7 Å². The van der Waals surface area contributed by atoms with Crippen LogP contribution in [0.4, 0.5) is 0 Å². The number of ether oxygens (including phenoxy) is 2. The molecule has 1 saturated heterocycles. The van der Waals surface area contributed by atoms with Crippen LogP contribution in [0.3, 0.4) is 0 Å². The Hall–Kier alpha value is -1.13. The molecule has 1 fully saturated rings. The Bertz CT molecular complexity index is 354. The summed E-state index contributed by atoms with van der Waals surface area (Å²) >= 11 is 0. The summed E-state index contributed by atoms with van der Waals surface area (Å²) in [7, 11) is 0. The van der Waals surface area contributed by atoms with Gasteiger partial charge in [0.25, 0.3) is 0 Å².